The molecule has 0 atom stereocenters. The Morgan fingerprint density at radius 2 is 1.90 bits per heavy atom. The van der Waals surface area contributed by atoms with E-state index in [2.05, 4.69) is 9.71 Å². The summed E-state index contributed by atoms with van der Waals surface area (Å²) < 4.78 is 26.8. The van der Waals surface area contributed by atoms with Crippen molar-refractivity contribution in [3.05, 3.63) is 65.1 Å². The van der Waals surface area contributed by atoms with Crippen molar-refractivity contribution in [2.45, 2.75) is 17.7 Å². The van der Waals surface area contributed by atoms with Gasteiger partial charge in [-0.15, -0.1) is 11.3 Å². The number of para-hydroxylation sites is 1. The number of nitrogens with zero attached hydrogens (tertiary/aromatic N) is 2. The smallest absolute Gasteiger partial charge is 0.263 e. The Morgan fingerprint density at radius 3 is 2.41 bits per heavy atom. The molecule has 29 heavy (non-hydrogen) atoms. The fourth-order valence-corrected chi connectivity index (χ4v) is 4.55. The van der Waals surface area contributed by atoms with Crippen LogP contribution in [0.2, 0.25) is 5.02 Å². The lowest BCUT2D eigenvalue weighted by atomic mass is 10.3. The molecule has 1 saturated heterocycles. The average Bonchev–Trinajstić information content (AvgIpc) is 3.36. The third-order valence-electron chi connectivity index (χ3n) is 4.04. The molecule has 1 amide bonds. The highest BCUT2D eigenvalue weighted by Crippen LogP contribution is 2.24. The number of aromatic hydroxyl groups is 1. The number of amides is 1. The number of hydrogen-bond acceptors (Lipinski definition) is 6. The van der Waals surface area contributed by atoms with Gasteiger partial charge in [0.1, 0.15) is 5.75 Å². The van der Waals surface area contributed by atoms with Crippen LogP contribution in [0.25, 0.3) is 0 Å². The molecule has 156 valence electrons. The van der Waals surface area contributed by atoms with Gasteiger partial charge in [0.2, 0.25) is 5.91 Å². The largest absolute Gasteiger partial charge is 0.506 e. The van der Waals surface area contributed by atoms with Crippen LogP contribution in [0.5, 0.6) is 5.75 Å². The number of phenols is 1. The number of carbonyl (C=O) groups is 1. The van der Waals surface area contributed by atoms with Gasteiger partial charge in [-0.3, -0.25) is 9.52 Å². The number of hydrogen-bond donors (Lipinski definition) is 2. The van der Waals surface area contributed by atoms with E-state index < -0.39 is 10.0 Å². The number of carbonyl (C=O) groups excluding carboxylic acids is 1. The van der Waals surface area contributed by atoms with Gasteiger partial charge in [0.15, 0.2) is 5.13 Å². The van der Waals surface area contributed by atoms with E-state index in [9.17, 15) is 13.2 Å². The van der Waals surface area contributed by atoms with E-state index in [1.807, 2.05) is 0 Å². The third kappa shape index (κ3) is 5.47. The molecule has 2 aromatic carbocycles. The molecule has 4 rings (SSSR count). The van der Waals surface area contributed by atoms with Crippen molar-refractivity contribution in [3.63, 3.8) is 0 Å². The molecule has 7 nitrogen and oxygen atoms in total. The van der Waals surface area contributed by atoms with Gasteiger partial charge in [-0.25, -0.2) is 13.4 Å². The molecule has 0 bridgehead atoms. The molecule has 2 heterocycles. The zero-order valence-electron chi connectivity index (χ0n) is 15.2. The van der Waals surface area contributed by atoms with Gasteiger partial charge in [0.05, 0.1) is 9.92 Å². The molecular formula is C19H22ClN3O4S2. The Labute approximate surface area is 180 Å². The second-order valence-corrected chi connectivity index (χ2v) is 9.02. The fourth-order valence-electron chi connectivity index (χ4n) is 2.63. The number of thiazole rings is 1. The third-order valence-corrected chi connectivity index (χ3v) is 6.53. The Morgan fingerprint density at radius 1 is 1.17 bits per heavy atom. The van der Waals surface area contributed by atoms with Crippen LogP contribution in [-0.4, -0.2) is 31.0 Å². The summed E-state index contributed by atoms with van der Waals surface area (Å²) in [6, 6.07) is 13.0. The Kier molecular flexibility index (Phi) is 6.73. The average molecular weight is 456 g/mol. The first-order valence-electron chi connectivity index (χ1n) is 8.63. The number of halogens is 1. The first kappa shape index (κ1) is 21.1. The standard InChI is InChI=1S/C13H13N3O3S2.C6H5ClO.2H2/c17-12-2-1-8-16(12)10-3-5-11(6-4-10)21(18,19)15-13-14-7-9-20-13;7-5-3-1-2-4-6(5)8;;/h3-7,9H,1-2,8H2,(H,14,15);1-4,8H;2*1H. The lowest BCUT2D eigenvalue weighted by molar-refractivity contribution is -0.117. The number of phenolic OH excluding ortho intramolecular Hbond substituents is 1. The van der Waals surface area contributed by atoms with Crippen molar-refractivity contribution in [2.24, 2.45) is 0 Å². The highest BCUT2D eigenvalue weighted by Gasteiger charge is 2.22. The summed E-state index contributed by atoms with van der Waals surface area (Å²) in [4.78, 5) is 17.4. The van der Waals surface area contributed by atoms with E-state index in [4.69, 9.17) is 16.7 Å². The lowest BCUT2D eigenvalue weighted by Gasteiger charge is -2.16. The van der Waals surface area contributed by atoms with Crippen LogP contribution in [0.4, 0.5) is 10.8 Å². The summed E-state index contributed by atoms with van der Waals surface area (Å²) in [7, 11) is -3.64. The monoisotopic (exact) mass is 455 g/mol. The highest BCUT2D eigenvalue weighted by atomic mass is 35.5. The van der Waals surface area contributed by atoms with Crippen molar-refractivity contribution in [1.82, 2.24) is 4.98 Å². The van der Waals surface area contributed by atoms with Gasteiger partial charge in [-0.05, 0) is 42.8 Å². The zero-order chi connectivity index (χ0) is 20.9. The Hall–Kier alpha value is -2.62. The molecular weight excluding hydrogens is 434 g/mol. The summed E-state index contributed by atoms with van der Waals surface area (Å²) in [6.45, 7) is 0.683. The molecule has 0 saturated carbocycles. The van der Waals surface area contributed by atoms with Crippen molar-refractivity contribution in [3.8, 4) is 5.75 Å². The summed E-state index contributed by atoms with van der Waals surface area (Å²) in [5, 5.41) is 11.2. The van der Waals surface area contributed by atoms with Gasteiger partial charge < -0.3 is 10.0 Å². The first-order valence-corrected chi connectivity index (χ1v) is 11.4. The minimum atomic E-state index is -3.64. The molecule has 1 aliphatic rings. The van der Waals surface area contributed by atoms with Crippen molar-refractivity contribution < 1.29 is 21.2 Å². The number of anilines is 2. The summed E-state index contributed by atoms with van der Waals surface area (Å²) in [5.41, 5.74) is 0.727. The Bertz CT molecular complexity index is 1060. The summed E-state index contributed by atoms with van der Waals surface area (Å²) >= 11 is 6.67. The predicted octanol–water partition coefficient (Wildman–Crippen LogP) is 4.61. The SMILES string of the molecule is O=C1CCCN1c1ccc(S(=O)(=O)Nc2nccs2)cc1.Oc1ccccc1Cl.[HH].[HH]. The quantitative estimate of drug-likeness (QED) is 0.598. The van der Waals surface area contributed by atoms with Gasteiger partial charge in [0, 0.05) is 33.1 Å². The summed E-state index contributed by atoms with van der Waals surface area (Å²) in [5.74, 6) is 0.209. The maximum atomic E-state index is 12.2. The zero-order valence-corrected chi connectivity index (χ0v) is 17.5. The number of nitrogens with one attached hydrogen (secondary N) is 1. The predicted molar refractivity (Wildman–Crippen MR) is 118 cm³/mol. The van der Waals surface area contributed by atoms with Gasteiger partial charge in [-0.1, -0.05) is 23.7 Å². The molecule has 1 fully saturated rings. The van der Waals surface area contributed by atoms with Crippen LogP contribution in [0.3, 0.4) is 0 Å². The number of aromatic nitrogens is 1. The molecule has 0 unspecified atom stereocenters. The molecule has 2 N–H and O–H groups in total. The maximum absolute atomic E-state index is 12.2. The lowest BCUT2D eigenvalue weighted by Crippen LogP contribution is -2.23. The molecule has 10 heteroatoms. The van der Waals surface area contributed by atoms with Crippen LogP contribution in [0, 0.1) is 0 Å². The number of benzene rings is 2. The second-order valence-electron chi connectivity index (χ2n) is 6.04. The number of sulfonamides is 1. The van der Waals surface area contributed by atoms with Crippen LogP contribution in [0.15, 0.2) is 65.0 Å². The van der Waals surface area contributed by atoms with E-state index in [-0.39, 0.29) is 19.4 Å². The van der Waals surface area contributed by atoms with Crippen molar-refractivity contribution in [2.75, 3.05) is 16.2 Å². The van der Waals surface area contributed by atoms with E-state index >= 15 is 0 Å². The molecule has 1 aromatic heterocycles. The van der Waals surface area contributed by atoms with E-state index in [1.54, 1.807) is 46.7 Å². The summed E-state index contributed by atoms with van der Waals surface area (Å²) in [6.07, 6.45) is 2.92. The van der Waals surface area contributed by atoms with E-state index in [0.717, 1.165) is 12.1 Å². The van der Waals surface area contributed by atoms with Crippen LogP contribution in [0.1, 0.15) is 15.7 Å². The highest BCUT2D eigenvalue weighted by molar-refractivity contribution is 7.93. The second kappa shape index (κ2) is 9.25. The topological polar surface area (TPSA) is 99.6 Å². The fraction of sp³-hybridized carbons (Fsp3) is 0.158. The first-order chi connectivity index (χ1) is 13.9. The minimum absolute atomic E-state index is 0. The van der Waals surface area contributed by atoms with E-state index in [0.29, 0.717) is 23.1 Å². The molecule has 0 spiro atoms. The van der Waals surface area contributed by atoms with Crippen molar-refractivity contribution >= 4 is 49.7 Å². The van der Waals surface area contributed by atoms with Crippen molar-refractivity contribution in [1.29, 1.82) is 0 Å². The molecule has 1 aliphatic heterocycles. The normalized spacial score (nSPS) is 13.7. The van der Waals surface area contributed by atoms with Gasteiger partial charge in [0.25, 0.3) is 10.0 Å². The van der Waals surface area contributed by atoms with E-state index in [1.165, 1.54) is 29.7 Å². The molecule has 0 aliphatic carbocycles. The van der Waals surface area contributed by atoms with Crippen LogP contribution in [-0.2, 0) is 14.8 Å². The molecule has 3 aromatic rings. The van der Waals surface area contributed by atoms with Gasteiger partial charge in [-0.2, -0.15) is 0 Å². The molecule has 0 radical (unpaired) electrons. The van der Waals surface area contributed by atoms with Crippen LogP contribution < -0.4 is 9.62 Å². The maximum Gasteiger partial charge on any atom is 0.263 e. The minimum Gasteiger partial charge on any atom is -0.506 e. The van der Waals surface area contributed by atoms with Crippen LogP contribution >= 0.6 is 22.9 Å². The van der Waals surface area contributed by atoms with Gasteiger partial charge >= 0.3 is 0 Å². The number of rotatable bonds is 4. The Balaban J connectivity index is 0.000000410.